The van der Waals surface area contributed by atoms with Gasteiger partial charge in [0, 0.05) is 37.9 Å². The van der Waals surface area contributed by atoms with Crippen LogP contribution in [0.1, 0.15) is 56.7 Å². The normalized spacial score (nSPS) is 16.2. The van der Waals surface area contributed by atoms with Gasteiger partial charge in [0.15, 0.2) is 0 Å². The lowest BCUT2D eigenvalue weighted by atomic mass is 9.96. The maximum Gasteiger partial charge on any atom is 0.271 e. The van der Waals surface area contributed by atoms with Crippen LogP contribution in [-0.4, -0.2) is 50.0 Å². The van der Waals surface area contributed by atoms with E-state index in [4.69, 9.17) is 0 Å². The number of halogens is 1. The lowest BCUT2D eigenvalue weighted by molar-refractivity contribution is 0.0698. The summed E-state index contributed by atoms with van der Waals surface area (Å²) >= 11 is 0. The second-order valence-electron chi connectivity index (χ2n) is 7.60. The molecule has 31 heavy (non-hydrogen) atoms. The number of amides is 2. The van der Waals surface area contributed by atoms with Crippen molar-refractivity contribution in [1.29, 1.82) is 0 Å². The van der Waals surface area contributed by atoms with Crippen molar-refractivity contribution in [3.8, 4) is 0 Å². The van der Waals surface area contributed by atoms with Gasteiger partial charge in [0.2, 0.25) is 0 Å². The van der Waals surface area contributed by atoms with Gasteiger partial charge in [-0.1, -0.05) is 12.1 Å². The molecule has 8 nitrogen and oxygen atoms in total. The molecule has 2 N–H and O–H groups in total. The molecule has 3 aromatic rings. The van der Waals surface area contributed by atoms with Crippen LogP contribution in [0.2, 0.25) is 0 Å². The van der Waals surface area contributed by atoms with Crippen molar-refractivity contribution < 1.29 is 14.0 Å². The minimum absolute atomic E-state index is 0.00986. The first kappa shape index (κ1) is 20.6. The minimum Gasteiger partial charge on any atom is -0.348 e. The van der Waals surface area contributed by atoms with Crippen molar-refractivity contribution in [2.45, 2.75) is 32.2 Å². The standard InChI is InChI=1S/C22H23FN6O2/c1-14-18(21(30)25-11-15-4-6-17(23)7-5-15)12-24-20(27-14)16-3-2-10-29(13-16)22(31)19-8-9-26-28-19/h4-9,12,16H,2-3,10-11,13H2,1H3,(H,25,30)(H,26,28). The molecule has 1 saturated heterocycles. The van der Waals surface area contributed by atoms with Crippen LogP contribution in [0, 0.1) is 12.7 Å². The fourth-order valence-electron chi connectivity index (χ4n) is 3.70. The third-order valence-corrected chi connectivity index (χ3v) is 5.41. The zero-order valence-electron chi connectivity index (χ0n) is 17.1. The molecule has 0 bridgehead atoms. The largest absolute Gasteiger partial charge is 0.348 e. The van der Waals surface area contributed by atoms with E-state index in [1.54, 1.807) is 36.2 Å². The van der Waals surface area contributed by atoms with Gasteiger partial charge in [-0.3, -0.25) is 14.7 Å². The van der Waals surface area contributed by atoms with E-state index in [0.717, 1.165) is 18.4 Å². The minimum atomic E-state index is -0.317. The third-order valence-electron chi connectivity index (χ3n) is 5.41. The van der Waals surface area contributed by atoms with E-state index in [2.05, 4.69) is 25.5 Å². The highest BCUT2D eigenvalue weighted by molar-refractivity contribution is 5.94. The maximum absolute atomic E-state index is 13.0. The van der Waals surface area contributed by atoms with Crippen LogP contribution in [-0.2, 0) is 6.54 Å². The average molecular weight is 422 g/mol. The first-order valence-corrected chi connectivity index (χ1v) is 10.2. The summed E-state index contributed by atoms with van der Waals surface area (Å²) in [6.07, 6.45) is 4.82. The van der Waals surface area contributed by atoms with E-state index in [1.807, 2.05) is 0 Å². The second kappa shape index (κ2) is 9.03. The highest BCUT2D eigenvalue weighted by Crippen LogP contribution is 2.25. The van der Waals surface area contributed by atoms with Crippen LogP contribution in [0.5, 0.6) is 0 Å². The Morgan fingerprint density at radius 1 is 1.26 bits per heavy atom. The fourth-order valence-corrected chi connectivity index (χ4v) is 3.70. The number of nitrogens with one attached hydrogen (secondary N) is 2. The molecule has 2 aromatic heterocycles. The highest BCUT2D eigenvalue weighted by Gasteiger charge is 2.28. The predicted molar refractivity (Wildman–Crippen MR) is 111 cm³/mol. The van der Waals surface area contributed by atoms with Crippen molar-refractivity contribution in [3.05, 3.63) is 76.9 Å². The van der Waals surface area contributed by atoms with E-state index in [0.29, 0.717) is 35.9 Å². The van der Waals surface area contributed by atoms with Crippen LogP contribution in [0.4, 0.5) is 4.39 Å². The molecule has 1 atom stereocenters. The molecule has 9 heteroatoms. The SMILES string of the molecule is Cc1nc(C2CCCN(C(=O)c3ccn[nH]3)C2)ncc1C(=O)NCc1ccc(F)cc1. The number of aromatic amines is 1. The highest BCUT2D eigenvalue weighted by atomic mass is 19.1. The molecule has 2 amide bonds. The first-order chi connectivity index (χ1) is 15.0. The number of carbonyl (C=O) groups is 2. The monoisotopic (exact) mass is 422 g/mol. The summed E-state index contributed by atoms with van der Waals surface area (Å²) in [6.45, 7) is 3.26. The van der Waals surface area contributed by atoms with E-state index in [9.17, 15) is 14.0 Å². The van der Waals surface area contributed by atoms with Gasteiger partial charge < -0.3 is 10.2 Å². The van der Waals surface area contributed by atoms with Gasteiger partial charge in [-0.25, -0.2) is 14.4 Å². The Kier molecular flexibility index (Phi) is 6.01. The molecule has 1 fully saturated rings. The third kappa shape index (κ3) is 4.76. The van der Waals surface area contributed by atoms with Crippen molar-refractivity contribution in [1.82, 2.24) is 30.4 Å². The van der Waals surface area contributed by atoms with E-state index < -0.39 is 0 Å². The number of carbonyl (C=O) groups excluding carboxylic acids is 2. The van der Waals surface area contributed by atoms with Gasteiger partial charge in [-0.05, 0) is 43.5 Å². The van der Waals surface area contributed by atoms with E-state index >= 15 is 0 Å². The van der Waals surface area contributed by atoms with E-state index in [1.165, 1.54) is 18.3 Å². The topological polar surface area (TPSA) is 104 Å². The molecule has 1 aromatic carbocycles. The summed E-state index contributed by atoms with van der Waals surface area (Å²) < 4.78 is 13.0. The number of hydrogen-bond donors (Lipinski definition) is 2. The molecule has 1 aliphatic rings. The number of piperidine rings is 1. The van der Waals surface area contributed by atoms with Crippen molar-refractivity contribution >= 4 is 11.8 Å². The summed E-state index contributed by atoms with van der Waals surface area (Å²) in [7, 11) is 0. The number of nitrogens with zero attached hydrogens (tertiary/aromatic N) is 4. The Balaban J connectivity index is 1.41. The van der Waals surface area contributed by atoms with Gasteiger partial charge in [0.25, 0.3) is 11.8 Å². The molecular weight excluding hydrogens is 399 g/mol. The molecule has 0 spiro atoms. The van der Waals surface area contributed by atoms with Crippen LogP contribution < -0.4 is 5.32 Å². The quantitative estimate of drug-likeness (QED) is 0.658. The van der Waals surface area contributed by atoms with Gasteiger partial charge in [0.1, 0.15) is 17.3 Å². The number of aromatic nitrogens is 4. The molecular formula is C22H23FN6O2. The molecule has 0 radical (unpaired) electrons. The zero-order valence-corrected chi connectivity index (χ0v) is 17.1. The molecule has 4 rings (SSSR count). The van der Waals surface area contributed by atoms with Crippen LogP contribution in [0.15, 0.2) is 42.7 Å². The lowest BCUT2D eigenvalue weighted by Gasteiger charge is -2.31. The van der Waals surface area contributed by atoms with Gasteiger partial charge in [-0.2, -0.15) is 5.10 Å². The van der Waals surface area contributed by atoms with Crippen LogP contribution >= 0.6 is 0 Å². The fraction of sp³-hybridized carbons (Fsp3) is 0.318. The van der Waals surface area contributed by atoms with Crippen molar-refractivity contribution in [2.75, 3.05) is 13.1 Å². The Labute approximate surface area is 178 Å². The zero-order chi connectivity index (χ0) is 21.8. The number of benzene rings is 1. The maximum atomic E-state index is 13.0. The Morgan fingerprint density at radius 3 is 2.77 bits per heavy atom. The first-order valence-electron chi connectivity index (χ1n) is 10.2. The van der Waals surface area contributed by atoms with Gasteiger partial charge >= 0.3 is 0 Å². The molecule has 0 saturated carbocycles. The summed E-state index contributed by atoms with van der Waals surface area (Å²) in [5, 5.41) is 9.36. The average Bonchev–Trinajstić information content (AvgIpc) is 3.33. The summed E-state index contributed by atoms with van der Waals surface area (Å²) in [4.78, 5) is 35.9. The van der Waals surface area contributed by atoms with Crippen LogP contribution in [0.25, 0.3) is 0 Å². The van der Waals surface area contributed by atoms with Crippen molar-refractivity contribution in [2.24, 2.45) is 0 Å². The number of rotatable bonds is 5. The molecule has 0 aliphatic carbocycles. The predicted octanol–water partition coefficient (Wildman–Crippen LogP) is 2.60. The van der Waals surface area contributed by atoms with Gasteiger partial charge in [0.05, 0.1) is 11.3 Å². The Morgan fingerprint density at radius 2 is 2.06 bits per heavy atom. The number of H-pyrrole nitrogens is 1. The molecule has 1 aliphatic heterocycles. The Bertz CT molecular complexity index is 1070. The second-order valence-corrected chi connectivity index (χ2v) is 7.60. The summed E-state index contributed by atoms with van der Waals surface area (Å²) in [5.41, 5.74) is 2.24. The molecule has 3 heterocycles. The van der Waals surface area contributed by atoms with Crippen molar-refractivity contribution in [3.63, 3.8) is 0 Å². The smallest absolute Gasteiger partial charge is 0.271 e. The molecule has 160 valence electrons. The lowest BCUT2D eigenvalue weighted by Crippen LogP contribution is -2.39. The molecule has 1 unspecified atom stereocenters. The Hall–Kier alpha value is -3.62. The number of likely N-dealkylation sites (tertiary alicyclic amines) is 1. The number of hydrogen-bond acceptors (Lipinski definition) is 5. The summed E-state index contributed by atoms with van der Waals surface area (Å²) in [5.74, 6) is -0.0448. The van der Waals surface area contributed by atoms with E-state index in [-0.39, 0.29) is 30.1 Å². The van der Waals surface area contributed by atoms with Crippen LogP contribution in [0.3, 0.4) is 0 Å². The van der Waals surface area contributed by atoms with Gasteiger partial charge in [-0.15, -0.1) is 0 Å². The summed E-state index contributed by atoms with van der Waals surface area (Å²) in [6, 6.07) is 7.62. The number of aryl methyl sites for hydroxylation is 1.